The second kappa shape index (κ2) is 5.88. The lowest BCUT2D eigenvalue weighted by Gasteiger charge is -2.23. The number of hydrogen-bond donors (Lipinski definition) is 1. The van der Waals surface area contributed by atoms with Crippen LogP contribution in [0.5, 0.6) is 0 Å². The maximum Gasteiger partial charge on any atom is 0.0294 e. The Labute approximate surface area is 112 Å². The Kier molecular flexibility index (Phi) is 4.45. The first-order valence-corrected chi connectivity index (χ1v) is 7.42. The third kappa shape index (κ3) is 3.84. The van der Waals surface area contributed by atoms with Gasteiger partial charge in [-0.05, 0) is 45.1 Å². The number of benzene rings is 1. The van der Waals surface area contributed by atoms with E-state index in [1.807, 2.05) is 0 Å². The van der Waals surface area contributed by atoms with Crippen molar-refractivity contribution in [2.45, 2.75) is 65.5 Å². The Bertz CT molecular complexity index is 372. The van der Waals surface area contributed by atoms with Crippen LogP contribution in [-0.2, 0) is 0 Å². The summed E-state index contributed by atoms with van der Waals surface area (Å²) in [6.07, 6.45) is 5.52. The fraction of sp³-hybridized carbons (Fsp3) is 0.647. The summed E-state index contributed by atoms with van der Waals surface area (Å²) in [5.74, 6) is 1.01. The van der Waals surface area contributed by atoms with Crippen molar-refractivity contribution in [3.8, 4) is 0 Å². The van der Waals surface area contributed by atoms with Crippen LogP contribution in [0.2, 0.25) is 0 Å². The molecule has 0 aromatic heterocycles. The summed E-state index contributed by atoms with van der Waals surface area (Å²) >= 11 is 0. The van der Waals surface area contributed by atoms with Gasteiger partial charge in [0, 0.05) is 12.1 Å². The smallest absolute Gasteiger partial charge is 0.0294 e. The van der Waals surface area contributed by atoms with E-state index in [-0.39, 0.29) is 0 Å². The molecule has 0 amide bonds. The Balaban J connectivity index is 1.98. The molecule has 1 saturated carbocycles. The minimum atomic E-state index is 0.465. The molecular formula is C17H27N. The number of nitrogens with one attached hydrogen (secondary N) is 1. The van der Waals surface area contributed by atoms with Gasteiger partial charge in [0.05, 0.1) is 0 Å². The predicted octanol–water partition coefficient (Wildman–Crippen LogP) is 4.53. The van der Waals surface area contributed by atoms with Crippen LogP contribution < -0.4 is 5.32 Å². The summed E-state index contributed by atoms with van der Waals surface area (Å²) in [5, 5.41) is 3.81. The Morgan fingerprint density at radius 3 is 2.28 bits per heavy atom. The monoisotopic (exact) mass is 245 g/mol. The number of hydrogen-bond acceptors (Lipinski definition) is 1. The molecule has 1 N–H and O–H groups in total. The van der Waals surface area contributed by atoms with E-state index in [2.05, 4.69) is 51.2 Å². The van der Waals surface area contributed by atoms with E-state index in [0.29, 0.717) is 12.1 Å². The van der Waals surface area contributed by atoms with Crippen molar-refractivity contribution in [2.24, 2.45) is 5.92 Å². The highest BCUT2D eigenvalue weighted by molar-refractivity contribution is 5.30. The van der Waals surface area contributed by atoms with E-state index in [4.69, 9.17) is 0 Å². The minimum absolute atomic E-state index is 0.465. The van der Waals surface area contributed by atoms with Crippen LogP contribution in [0.25, 0.3) is 0 Å². The van der Waals surface area contributed by atoms with Crippen LogP contribution in [0, 0.1) is 19.8 Å². The molecule has 2 atom stereocenters. The van der Waals surface area contributed by atoms with Crippen LogP contribution >= 0.6 is 0 Å². The average molecular weight is 245 g/mol. The normalized spacial score (nSPS) is 18.7. The van der Waals surface area contributed by atoms with Crippen molar-refractivity contribution in [3.63, 3.8) is 0 Å². The van der Waals surface area contributed by atoms with Crippen LogP contribution in [0.3, 0.4) is 0 Å². The summed E-state index contributed by atoms with van der Waals surface area (Å²) in [6.45, 7) is 8.97. The standard InChI is InChI=1S/C17H27N/c1-5-17(11-15-6-7-15)18-14(4)16-9-12(2)8-13(3)10-16/h8-10,14-15,17-18H,5-7,11H2,1-4H3. The van der Waals surface area contributed by atoms with Crippen LogP contribution in [0.4, 0.5) is 0 Å². The molecule has 1 heteroatoms. The fourth-order valence-electron chi connectivity index (χ4n) is 2.82. The first kappa shape index (κ1) is 13.6. The van der Waals surface area contributed by atoms with Crippen molar-refractivity contribution in [1.29, 1.82) is 0 Å². The first-order valence-electron chi connectivity index (χ1n) is 7.42. The topological polar surface area (TPSA) is 12.0 Å². The van der Waals surface area contributed by atoms with E-state index in [1.165, 1.54) is 42.4 Å². The van der Waals surface area contributed by atoms with Gasteiger partial charge in [0.2, 0.25) is 0 Å². The van der Waals surface area contributed by atoms with E-state index in [1.54, 1.807) is 0 Å². The molecule has 0 heterocycles. The molecule has 1 aromatic rings. The van der Waals surface area contributed by atoms with Gasteiger partial charge in [0.25, 0.3) is 0 Å². The molecule has 0 spiro atoms. The van der Waals surface area contributed by atoms with Gasteiger partial charge in [0.15, 0.2) is 0 Å². The van der Waals surface area contributed by atoms with Gasteiger partial charge in [-0.1, -0.05) is 49.1 Å². The van der Waals surface area contributed by atoms with E-state index < -0.39 is 0 Å². The van der Waals surface area contributed by atoms with Crippen LogP contribution in [-0.4, -0.2) is 6.04 Å². The molecule has 0 bridgehead atoms. The van der Waals surface area contributed by atoms with Crippen LogP contribution in [0.1, 0.15) is 62.3 Å². The molecule has 18 heavy (non-hydrogen) atoms. The first-order chi connectivity index (χ1) is 8.58. The Hall–Kier alpha value is -0.820. The Morgan fingerprint density at radius 1 is 1.17 bits per heavy atom. The van der Waals surface area contributed by atoms with Gasteiger partial charge in [-0.15, -0.1) is 0 Å². The molecule has 0 saturated heterocycles. The zero-order valence-corrected chi connectivity index (χ0v) is 12.3. The lowest BCUT2D eigenvalue weighted by Crippen LogP contribution is -2.31. The largest absolute Gasteiger partial charge is 0.307 e. The fourth-order valence-corrected chi connectivity index (χ4v) is 2.82. The van der Waals surface area contributed by atoms with Gasteiger partial charge in [-0.3, -0.25) is 0 Å². The second-order valence-electron chi connectivity index (χ2n) is 6.09. The maximum atomic E-state index is 3.81. The second-order valence-corrected chi connectivity index (χ2v) is 6.09. The molecule has 0 radical (unpaired) electrons. The van der Waals surface area contributed by atoms with E-state index >= 15 is 0 Å². The maximum absolute atomic E-state index is 3.81. The van der Waals surface area contributed by atoms with Crippen molar-refractivity contribution in [1.82, 2.24) is 5.32 Å². The molecule has 1 aliphatic rings. The van der Waals surface area contributed by atoms with Crippen molar-refractivity contribution in [3.05, 3.63) is 34.9 Å². The molecule has 2 rings (SSSR count). The third-order valence-corrected chi connectivity index (χ3v) is 4.04. The van der Waals surface area contributed by atoms with Gasteiger partial charge in [-0.2, -0.15) is 0 Å². The summed E-state index contributed by atoms with van der Waals surface area (Å²) in [5.41, 5.74) is 4.17. The van der Waals surface area contributed by atoms with Crippen molar-refractivity contribution in [2.75, 3.05) is 0 Å². The molecule has 100 valence electrons. The highest BCUT2D eigenvalue weighted by Gasteiger charge is 2.25. The van der Waals surface area contributed by atoms with Crippen molar-refractivity contribution >= 4 is 0 Å². The minimum Gasteiger partial charge on any atom is -0.307 e. The van der Waals surface area contributed by atoms with Gasteiger partial charge < -0.3 is 5.32 Å². The SMILES string of the molecule is CCC(CC1CC1)NC(C)c1cc(C)cc(C)c1. The molecule has 1 aliphatic carbocycles. The predicted molar refractivity (Wildman–Crippen MR) is 78.9 cm³/mol. The lowest BCUT2D eigenvalue weighted by molar-refractivity contribution is 0.404. The molecular weight excluding hydrogens is 218 g/mol. The highest BCUT2D eigenvalue weighted by Crippen LogP contribution is 2.34. The summed E-state index contributed by atoms with van der Waals surface area (Å²) in [7, 11) is 0. The molecule has 0 aliphatic heterocycles. The average Bonchev–Trinajstić information content (AvgIpc) is 3.10. The molecule has 1 aromatic carbocycles. The zero-order valence-electron chi connectivity index (χ0n) is 12.3. The molecule has 1 fully saturated rings. The summed E-state index contributed by atoms with van der Waals surface area (Å²) < 4.78 is 0. The summed E-state index contributed by atoms with van der Waals surface area (Å²) in [6, 6.07) is 8.03. The zero-order chi connectivity index (χ0) is 13.1. The van der Waals surface area contributed by atoms with E-state index in [0.717, 1.165) is 5.92 Å². The number of aryl methyl sites for hydroxylation is 2. The van der Waals surface area contributed by atoms with Gasteiger partial charge in [-0.25, -0.2) is 0 Å². The quantitative estimate of drug-likeness (QED) is 0.776. The lowest BCUT2D eigenvalue weighted by atomic mass is 10.00. The number of rotatable bonds is 6. The molecule has 2 unspecified atom stereocenters. The van der Waals surface area contributed by atoms with Crippen LogP contribution in [0.15, 0.2) is 18.2 Å². The van der Waals surface area contributed by atoms with E-state index in [9.17, 15) is 0 Å². The Morgan fingerprint density at radius 2 is 1.78 bits per heavy atom. The van der Waals surface area contributed by atoms with Gasteiger partial charge >= 0.3 is 0 Å². The van der Waals surface area contributed by atoms with Crippen molar-refractivity contribution < 1.29 is 0 Å². The summed E-state index contributed by atoms with van der Waals surface area (Å²) in [4.78, 5) is 0. The van der Waals surface area contributed by atoms with Gasteiger partial charge in [0.1, 0.15) is 0 Å². The highest BCUT2D eigenvalue weighted by atomic mass is 14.9. The third-order valence-electron chi connectivity index (χ3n) is 4.04. The molecule has 1 nitrogen and oxygen atoms in total.